The molecule has 164 valence electrons. The van der Waals surface area contributed by atoms with E-state index in [-0.39, 0.29) is 5.91 Å². The van der Waals surface area contributed by atoms with E-state index in [2.05, 4.69) is 15.4 Å². The summed E-state index contributed by atoms with van der Waals surface area (Å²) in [5.74, 6) is 0.990. The van der Waals surface area contributed by atoms with Crippen LogP contribution in [0.25, 0.3) is 16.7 Å². The first-order chi connectivity index (χ1) is 15.5. The summed E-state index contributed by atoms with van der Waals surface area (Å²) in [4.78, 5) is 18.1. The van der Waals surface area contributed by atoms with E-state index in [9.17, 15) is 4.79 Å². The van der Waals surface area contributed by atoms with Crippen LogP contribution in [0.2, 0.25) is 0 Å². The molecule has 32 heavy (non-hydrogen) atoms. The molecule has 0 aliphatic rings. The summed E-state index contributed by atoms with van der Waals surface area (Å²) in [6.07, 6.45) is 0. The highest BCUT2D eigenvalue weighted by molar-refractivity contribution is 6.13. The van der Waals surface area contributed by atoms with Crippen LogP contribution in [-0.4, -0.2) is 33.9 Å². The van der Waals surface area contributed by atoms with Crippen LogP contribution in [0.4, 0.5) is 5.69 Å². The maximum atomic E-state index is 13.4. The lowest BCUT2D eigenvalue weighted by molar-refractivity contribution is 0.102. The molecule has 4 aromatic rings. The Labute approximate surface area is 187 Å². The lowest BCUT2D eigenvalue weighted by Crippen LogP contribution is -2.14. The van der Waals surface area contributed by atoms with Crippen molar-refractivity contribution in [2.75, 3.05) is 18.5 Å². The number of para-hydroxylation sites is 1. The summed E-state index contributed by atoms with van der Waals surface area (Å²) in [5.41, 5.74) is 4.06. The molecule has 0 aliphatic carbocycles. The number of ether oxygens (including phenoxy) is 2. The van der Waals surface area contributed by atoms with E-state index in [0.29, 0.717) is 41.6 Å². The van der Waals surface area contributed by atoms with Gasteiger partial charge in [-0.3, -0.25) is 4.79 Å². The van der Waals surface area contributed by atoms with Crippen molar-refractivity contribution in [2.24, 2.45) is 0 Å². The number of amides is 1. The summed E-state index contributed by atoms with van der Waals surface area (Å²) < 4.78 is 13.1. The molecule has 0 saturated carbocycles. The Morgan fingerprint density at radius 3 is 2.47 bits per heavy atom. The number of pyridine rings is 1. The Morgan fingerprint density at radius 2 is 1.75 bits per heavy atom. The highest BCUT2D eigenvalue weighted by atomic mass is 16.5. The highest BCUT2D eigenvalue weighted by Crippen LogP contribution is 2.31. The first-order valence-corrected chi connectivity index (χ1v) is 10.6. The molecule has 0 atom stereocenters. The smallest absolute Gasteiger partial charge is 0.256 e. The zero-order valence-electron chi connectivity index (χ0n) is 18.7. The fourth-order valence-electron chi connectivity index (χ4n) is 3.68. The standard InChI is InChI=1S/C25H26N4O3/c1-5-31-19-12-13-22(32-6-2)21(15-19)27-25(30)20-14-16(3)26-24-23(20)17(4)28-29(24)18-10-8-7-9-11-18/h7-15H,5-6H2,1-4H3,(H,27,30). The Kier molecular flexibility index (Phi) is 6.07. The van der Waals surface area contributed by atoms with Crippen molar-refractivity contribution in [1.82, 2.24) is 14.8 Å². The van der Waals surface area contributed by atoms with Crippen molar-refractivity contribution in [1.29, 1.82) is 0 Å². The van der Waals surface area contributed by atoms with Crippen LogP contribution in [-0.2, 0) is 0 Å². The summed E-state index contributed by atoms with van der Waals surface area (Å²) in [5, 5.41) is 8.38. The first kappa shape index (κ1) is 21.4. The largest absolute Gasteiger partial charge is 0.494 e. The molecule has 2 heterocycles. The number of nitrogens with zero attached hydrogens (tertiary/aromatic N) is 3. The van der Waals surface area contributed by atoms with Gasteiger partial charge in [0.2, 0.25) is 0 Å². The number of hydrogen-bond donors (Lipinski definition) is 1. The van der Waals surface area contributed by atoms with Gasteiger partial charge in [-0.1, -0.05) is 18.2 Å². The van der Waals surface area contributed by atoms with Gasteiger partial charge in [-0.2, -0.15) is 5.10 Å². The number of nitrogens with one attached hydrogen (secondary N) is 1. The molecule has 0 fully saturated rings. The normalized spacial score (nSPS) is 10.9. The average molecular weight is 431 g/mol. The number of benzene rings is 2. The molecular weight excluding hydrogens is 404 g/mol. The minimum Gasteiger partial charge on any atom is -0.494 e. The van der Waals surface area contributed by atoms with Gasteiger partial charge >= 0.3 is 0 Å². The molecule has 0 aliphatic heterocycles. The topological polar surface area (TPSA) is 78.3 Å². The van der Waals surface area contributed by atoms with Crippen LogP contribution in [0.15, 0.2) is 54.6 Å². The first-order valence-electron chi connectivity index (χ1n) is 10.6. The van der Waals surface area contributed by atoms with E-state index < -0.39 is 0 Å². The number of rotatable bonds is 7. The second-order valence-corrected chi connectivity index (χ2v) is 7.32. The van der Waals surface area contributed by atoms with Crippen molar-refractivity contribution in [3.63, 3.8) is 0 Å². The second-order valence-electron chi connectivity index (χ2n) is 7.32. The molecule has 0 radical (unpaired) electrons. The molecule has 2 aromatic heterocycles. The van der Waals surface area contributed by atoms with Gasteiger partial charge in [0.05, 0.1) is 41.2 Å². The van der Waals surface area contributed by atoms with Crippen molar-refractivity contribution >= 4 is 22.6 Å². The fraction of sp³-hybridized carbons (Fsp3) is 0.240. The van der Waals surface area contributed by atoms with Gasteiger partial charge in [0.25, 0.3) is 5.91 Å². The number of anilines is 1. The molecular formula is C25H26N4O3. The third kappa shape index (κ3) is 4.14. The molecule has 1 N–H and O–H groups in total. The maximum Gasteiger partial charge on any atom is 0.256 e. The molecule has 1 amide bonds. The minimum absolute atomic E-state index is 0.259. The maximum absolute atomic E-state index is 13.4. The monoisotopic (exact) mass is 430 g/mol. The molecule has 0 bridgehead atoms. The van der Waals surface area contributed by atoms with Gasteiger partial charge in [-0.05, 0) is 58.0 Å². The zero-order valence-corrected chi connectivity index (χ0v) is 18.7. The third-order valence-electron chi connectivity index (χ3n) is 5.00. The number of carbonyl (C=O) groups is 1. The van der Waals surface area contributed by atoms with Crippen LogP contribution in [0.5, 0.6) is 11.5 Å². The molecule has 0 saturated heterocycles. The van der Waals surface area contributed by atoms with Gasteiger partial charge in [-0.25, -0.2) is 9.67 Å². The van der Waals surface area contributed by atoms with Gasteiger partial charge in [0.1, 0.15) is 11.5 Å². The number of carbonyl (C=O) groups excluding carboxylic acids is 1. The predicted octanol–water partition coefficient (Wildman–Crippen LogP) is 5.09. The summed E-state index contributed by atoms with van der Waals surface area (Å²) >= 11 is 0. The van der Waals surface area contributed by atoms with E-state index in [0.717, 1.165) is 22.5 Å². The number of hydrogen-bond acceptors (Lipinski definition) is 5. The Morgan fingerprint density at radius 1 is 1.00 bits per heavy atom. The van der Waals surface area contributed by atoms with Crippen molar-refractivity contribution in [3.05, 3.63) is 71.5 Å². The van der Waals surface area contributed by atoms with E-state index >= 15 is 0 Å². The Bertz CT molecular complexity index is 1270. The highest BCUT2D eigenvalue weighted by Gasteiger charge is 2.21. The van der Waals surface area contributed by atoms with Gasteiger partial charge in [0.15, 0.2) is 5.65 Å². The summed E-state index contributed by atoms with van der Waals surface area (Å²) in [7, 11) is 0. The van der Waals surface area contributed by atoms with E-state index in [1.54, 1.807) is 22.9 Å². The lowest BCUT2D eigenvalue weighted by Gasteiger charge is -2.14. The quantitative estimate of drug-likeness (QED) is 0.442. The van der Waals surface area contributed by atoms with Gasteiger partial charge in [0, 0.05) is 11.8 Å². The van der Waals surface area contributed by atoms with Crippen LogP contribution in [0.3, 0.4) is 0 Å². The van der Waals surface area contributed by atoms with E-state index in [1.807, 2.05) is 64.1 Å². The molecule has 7 heteroatoms. The van der Waals surface area contributed by atoms with Crippen LogP contribution in [0.1, 0.15) is 35.6 Å². The molecule has 0 unspecified atom stereocenters. The van der Waals surface area contributed by atoms with Gasteiger partial charge < -0.3 is 14.8 Å². The van der Waals surface area contributed by atoms with Crippen molar-refractivity contribution in [2.45, 2.75) is 27.7 Å². The number of aryl methyl sites for hydroxylation is 2. The van der Waals surface area contributed by atoms with Crippen LogP contribution < -0.4 is 14.8 Å². The van der Waals surface area contributed by atoms with Crippen molar-refractivity contribution in [3.8, 4) is 17.2 Å². The molecule has 7 nitrogen and oxygen atoms in total. The number of fused-ring (bicyclic) bond motifs is 1. The summed E-state index contributed by atoms with van der Waals surface area (Å²) in [6, 6.07) is 17.0. The third-order valence-corrected chi connectivity index (χ3v) is 5.00. The lowest BCUT2D eigenvalue weighted by atomic mass is 10.1. The molecule has 4 rings (SSSR count). The number of aromatic nitrogens is 3. The van der Waals surface area contributed by atoms with E-state index in [1.165, 1.54) is 0 Å². The average Bonchev–Trinajstić information content (AvgIpc) is 3.12. The SMILES string of the molecule is CCOc1ccc(OCC)c(NC(=O)c2cc(C)nc3c2c(C)nn3-c2ccccc2)c1. The minimum atomic E-state index is -0.259. The Hall–Kier alpha value is -3.87. The predicted molar refractivity (Wildman–Crippen MR) is 125 cm³/mol. The van der Waals surface area contributed by atoms with Crippen LogP contribution >= 0.6 is 0 Å². The fourth-order valence-corrected chi connectivity index (χ4v) is 3.68. The summed E-state index contributed by atoms with van der Waals surface area (Å²) in [6.45, 7) is 8.59. The molecule has 2 aromatic carbocycles. The van der Waals surface area contributed by atoms with Crippen LogP contribution in [0, 0.1) is 13.8 Å². The van der Waals surface area contributed by atoms with Gasteiger partial charge in [-0.15, -0.1) is 0 Å². The second kappa shape index (κ2) is 9.09. The zero-order chi connectivity index (χ0) is 22.7. The van der Waals surface area contributed by atoms with Crippen molar-refractivity contribution < 1.29 is 14.3 Å². The Balaban J connectivity index is 1.78. The van der Waals surface area contributed by atoms with E-state index in [4.69, 9.17) is 9.47 Å². The molecule has 0 spiro atoms.